The number of hydrogen-bond donors (Lipinski definition) is 23. The summed E-state index contributed by atoms with van der Waals surface area (Å²) in [5, 5.41) is 122. The number of esters is 1. The molecule has 8 amide bonds. The lowest BCUT2D eigenvalue weighted by Crippen LogP contribution is -2.64. The molecule has 7 heterocycles. The van der Waals surface area contributed by atoms with Gasteiger partial charge in [-0.05, 0) is 134 Å². The van der Waals surface area contributed by atoms with Crippen molar-refractivity contribution in [1.82, 2.24) is 37.2 Å². The van der Waals surface area contributed by atoms with Crippen LogP contribution in [0.3, 0.4) is 0 Å². The van der Waals surface area contributed by atoms with Crippen molar-refractivity contribution in [2.24, 2.45) is 17.4 Å². The Balaban J connectivity index is 1.09. The molecule has 0 aromatic heterocycles. The highest BCUT2D eigenvalue weighted by Gasteiger charge is 2.52. The zero-order valence-corrected chi connectivity index (χ0v) is 67.8. The van der Waals surface area contributed by atoms with Crippen LogP contribution in [0.5, 0.6) is 46.0 Å². The van der Waals surface area contributed by atoms with Gasteiger partial charge in [0.2, 0.25) is 53.4 Å². The highest BCUT2D eigenvalue weighted by Crippen LogP contribution is 2.61. The molecule has 45 heteroatoms. The second kappa shape index (κ2) is 37.2. The monoisotopic (exact) mass is 1770 g/mol. The number of fused-ring (bicyclic) bond motifs is 15. The molecule has 18 unspecified atom stereocenters. The van der Waals surface area contributed by atoms with E-state index in [1.807, 2.05) is 0 Å². The normalized spacial score (nSPS) is 26.8. The Labute approximate surface area is 696 Å². The van der Waals surface area contributed by atoms with Crippen molar-refractivity contribution >= 4 is 97.3 Å². The van der Waals surface area contributed by atoms with Gasteiger partial charge in [-0.3, -0.25) is 47.5 Å². The van der Waals surface area contributed by atoms with Gasteiger partial charge in [0.1, 0.15) is 89.5 Å². The van der Waals surface area contributed by atoms with Crippen LogP contribution in [0, 0.1) is 5.92 Å². The first-order valence-electron chi connectivity index (χ1n) is 37.2. The number of aliphatic hydroxyl groups is 6. The van der Waals surface area contributed by atoms with Crippen molar-refractivity contribution in [1.29, 1.82) is 0 Å². The van der Waals surface area contributed by atoms with Crippen molar-refractivity contribution in [3.8, 4) is 57.1 Å². The van der Waals surface area contributed by atoms with E-state index in [0.29, 0.717) is 6.07 Å². The van der Waals surface area contributed by atoms with Crippen molar-refractivity contribution in [3.63, 3.8) is 0 Å². The van der Waals surface area contributed by atoms with E-state index in [1.165, 1.54) is 27.0 Å². The Morgan fingerprint density at radius 1 is 0.686 bits per heavy atom. The standard InChI is InChI=1S/C76H88Cl2N10O31P2/c1-29(2)16-42(81-5)68(100)87-59-61(95)33-9-14-46(40(77)19-33)115-48-21-35-22-49(65(48)119-75-66(64(98)63(97)50(27-89)117-75)118-53-26-76(4,80)67(99)30(3)114-53)116-47-15-10-34(20-41(47)78)62(96)60-73(105)86-58(74(106)113-28-52(94)82-36-11-6-31(7-12-36)17-54(120(107,108)109)121(110,111)112)39-23-37(90)24-45(92)55(39)38-18-32(8-13-44(38)91)56(70(102)88-60)85-71(103)57(35)84-69(101)43(25-51(79)93)83-72(59)104/h6-15,18-24,29-30,42-43,50,53-54,56-64,66-67,75,81,89-92,95-99H,16-17,25-28,80H2,1-5H3,(H2,79,93)(H,82,94)(H,83,104)(H,84,101)(H,85,103)(H,86,105)(H,87,100)(H,88,102)(H2,107,108,109)(H2,110,111,112). The number of carbonyl (C=O) groups is 9. The number of likely N-dealkylation sites (N-methyl/N-ethyl adjacent to an activating group) is 1. The summed E-state index contributed by atoms with van der Waals surface area (Å²) in [7, 11) is -9.27. The zero-order chi connectivity index (χ0) is 88.5. The van der Waals surface area contributed by atoms with Gasteiger partial charge in [-0.15, -0.1) is 0 Å². The van der Waals surface area contributed by atoms with E-state index in [-0.39, 0.29) is 46.9 Å². The number of amides is 8. The van der Waals surface area contributed by atoms with Gasteiger partial charge in [-0.1, -0.05) is 67.4 Å². The molecule has 0 radical (unpaired) electrons. The van der Waals surface area contributed by atoms with Gasteiger partial charge in [0.05, 0.1) is 41.3 Å². The van der Waals surface area contributed by atoms with E-state index in [2.05, 4.69) is 42.5 Å². The molecular formula is C76H88Cl2N10O31P2. The van der Waals surface area contributed by atoms with Gasteiger partial charge in [-0.2, -0.15) is 0 Å². The number of nitrogens with one attached hydrogen (secondary N) is 8. The number of ether oxygens (including phenoxy) is 7. The van der Waals surface area contributed by atoms with Crippen LogP contribution in [-0.4, -0.2) is 223 Å². The average molecular weight is 1770 g/mol. The van der Waals surface area contributed by atoms with E-state index in [1.54, 1.807) is 13.8 Å². The number of benzene rings is 6. The molecule has 11 bridgehead atoms. The first kappa shape index (κ1) is 91.5. The topological polar surface area (TPSA) is 664 Å². The lowest BCUT2D eigenvalue weighted by molar-refractivity contribution is -0.333. The number of aliphatic hydroxyl groups excluding tert-OH is 6. The molecule has 18 atom stereocenters. The molecule has 0 saturated carbocycles. The minimum Gasteiger partial charge on any atom is -0.508 e. The number of nitrogens with two attached hydrogens (primary N) is 2. The fraction of sp³-hybridized carbons (Fsp3) is 0.408. The van der Waals surface area contributed by atoms with Crippen LogP contribution in [0.4, 0.5) is 5.69 Å². The maximum atomic E-state index is 16.3. The van der Waals surface area contributed by atoms with Gasteiger partial charge >= 0.3 is 21.2 Å². The second-order valence-corrected chi connectivity index (χ2v) is 34.9. The van der Waals surface area contributed by atoms with E-state index in [0.717, 1.165) is 91.0 Å². The third-order valence-corrected chi connectivity index (χ3v) is 24.9. The molecule has 2 fully saturated rings. The third-order valence-electron chi connectivity index (χ3n) is 20.5. The van der Waals surface area contributed by atoms with E-state index >= 15 is 19.2 Å². The van der Waals surface area contributed by atoms with Crippen molar-refractivity contribution in [3.05, 3.63) is 147 Å². The summed E-state index contributed by atoms with van der Waals surface area (Å²) >= 11 is 14.2. The second-order valence-electron chi connectivity index (χ2n) is 30.1. The van der Waals surface area contributed by atoms with Crippen LogP contribution >= 0.6 is 38.4 Å². The predicted molar refractivity (Wildman–Crippen MR) is 419 cm³/mol. The predicted octanol–water partition coefficient (Wildman–Crippen LogP) is 0.428. The lowest BCUT2D eigenvalue weighted by atomic mass is 9.86. The van der Waals surface area contributed by atoms with Gasteiger partial charge in [-0.25, -0.2) is 4.79 Å². The number of carbonyl (C=O) groups excluding carboxylic acids is 9. The van der Waals surface area contributed by atoms with E-state index in [9.17, 15) is 98.6 Å². The number of halogens is 2. The Bertz CT molecular complexity index is 5080. The molecular weight excluding hydrogens is 1680 g/mol. The minimum absolute atomic E-state index is 0.000670. The number of hydrogen-bond acceptors (Lipinski definition) is 29. The first-order chi connectivity index (χ1) is 56.8. The summed E-state index contributed by atoms with van der Waals surface area (Å²) in [6.07, 6.45) is -20.0. The zero-order valence-electron chi connectivity index (χ0n) is 64.5. The van der Waals surface area contributed by atoms with Crippen LogP contribution in [0.1, 0.15) is 111 Å². The average Bonchev–Trinajstić information content (AvgIpc) is 0.762. The molecule has 13 rings (SSSR count). The van der Waals surface area contributed by atoms with Crippen LogP contribution in [0.15, 0.2) is 103 Å². The summed E-state index contributed by atoms with van der Waals surface area (Å²) in [6.45, 7) is 4.30. The minimum atomic E-state index is -5.36. The largest absolute Gasteiger partial charge is 0.508 e. The number of anilines is 1. The summed E-state index contributed by atoms with van der Waals surface area (Å²) in [4.78, 5) is 173. The molecule has 41 nitrogen and oxygen atoms in total. The van der Waals surface area contributed by atoms with Gasteiger partial charge in [0.15, 0.2) is 41.9 Å². The summed E-state index contributed by atoms with van der Waals surface area (Å²) in [5.41, 5.74) is 7.39. The fourth-order valence-corrected chi connectivity index (χ4v) is 17.2. The maximum Gasteiger partial charge on any atom is 0.341 e. The molecule has 6 aromatic rings. The maximum absolute atomic E-state index is 16.3. The Morgan fingerprint density at radius 3 is 1.86 bits per heavy atom. The van der Waals surface area contributed by atoms with Gasteiger partial charge < -0.3 is 153 Å². The van der Waals surface area contributed by atoms with Crippen LogP contribution < -0.4 is 68.2 Å². The van der Waals surface area contributed by atoms with Crippen molar-refractivity contribution in [2.75, 3.05) is 25.6 Å². The lowest BCUT2D eigenvalue weighted by Gasteiger charge is -2.47. The molecule has 6 aromatic carbocycles. The highest BCUT2D eigenvalue weighted by atomic mass is 35.5. The number of primary amides is 1. The third kappa shape index (κ3) is 20.9. The molecule has 121 heavy (non-hydrogen) atoms. The summed E-state index contributed by atoms with van der Waals surface area (Å²) in [5.74, 6) is -17.9. The summed E-state index contributed by atoms with van der Waals surface area (Å²) < 4.78 is 67.9. The summed E-state index contributed by atoms with van der Waals surface area (Å²) in [6, 6.07) is 2.78. The fourth-order valence-electron chi connectivity index (χ4n) is 14.3. The Hall–Kier alpha value is -10.2. The van der Waals surface area contributed by atoms with Gasteiger partial charge in [0.25, 0.3) is 5.91 Å². The molecule has 7 aliphatic rings. The van der Waals surface area contributed by atoms with Crippen LogP contribution in [-0.2, 0) is 77.6 Å². The number of rotatable bonds is 20. The molecule has 7 aliphatic heterocycles. The molecule has 652 valence electrons. The number of aromatic hydroxyl groups is 3. The van der Waals surface area contributed by atoms with Crippen molar-refractivity contribution in [2.45, 2.75) is 168 Å². The molecule has 0 aliphatic carbocycles. The number of phenolic OH excluding ortho intramolecular Hbond substituents is 3. The van der Waals surface area contributed by atoms with Crippen LogP contribution in [0.2, 0.25) is 10.0 Å². The van der Waals surface area contributed by atoms with Crippen LogP contribution in [0.25, 0.3) is 11.1 Å². The number of phenols is 3. The molecule has 0 spiro atoms. The quantitative estimate of drug-likeness (QED) is 0.0364. The van der Waals surface area contributed by atoms with Crippen molar-refractivity contribution < 1.29 is 151 Å². The van der Waals surface area contributed by atoms with E-state index < -0.39 is 287 Å². The first-order valence-corrected chi connectivity index (χ1v) is 41.3. The van der Waals surface area contributed by atoms with Gasteiger partial charge in [0, 0.05) is 40.4 Å². The highest BCUT2D eigenvalue weighted by molar-refractivity contribution is 7.70. The SMILES string of the molecule is CNC(CC(C)C)C(=O)NC1C(=O)NC(CC(N)=O)C(=O)NC2C(=O)NC3C(=O)NC(C(=O)NC(C(=O)OCC(=O)Nc4ccc(CC(P(=O)(O)O)P(=O)(O)O)cc4)c4cc(O)cc(O)c4-c4cc3ccc4O)C(O)c3ccc(c(Cl)c3)Oc3cc2cc(c3OC2OC(CO)C(O)C(O)C2OC2CC(C)(N)C(O)C(C)O2)Oc2ccc(cc2Cl)C1O. The Kier molecular flexibility index (Phi) is 28.2. The van der Waals surface area contributed by atoms with E-state index in [4.69, 9.17) is 67.8 Å². The molecule has 25 N–H and O–H groups in total. The smallest absolute Gasteiger partial charge is 0.341 e. The molecule has 2 saturated heterocycles. The Morgan fingerprint density at radius 2 is 1.28 bits per heavy atom.